The normalized spacial score (nSPS) is 9.59. The molecule has 0 heterocycles. The van der Waals surface area contributed by atoms with Crippen LogP contribution >= 0.6 is 0 Å². The van der Waals surface area contributed by atoms with E-state index in [0.29, 0.717) is 5.75 Å². The van der Waals surface area contributed by atoms with Gasteiger partial charge < -0.3 is 4.74 Å². The van der Waals surface area contributed by atoms with Crippen LogP contribution in [-0.4, -0.2) is 18.4 Å². The standard InChI is InChI=1S/C12H16N2O3/c1-8-4-9(2)6-11(5-8)17-7-12(16)14-13-10(3)15/h4-6H,7H2,1-3H3,(H,13,15)(H,14,16). The minimum absolute atomic E-state index is 0.136. The molecular formula is C12H16N2O3. The molecule has 0 unspecified atom stereocenters. The first kappa shape index (κ1) is 13.0. The molecule has 0 saturated carbocycles. The molecule has 1 aromatic rings. The van der Waals surface area contributed by atoms with Crippen molar-refractivity contribution in [1.29, 1.82) is 0 Å². The number of carbonyl (C=O) groups is 2. The van der Waals surface area contributed by atoms with Gasteiger partial charge in [-0.1, -0.05) is 6.07 Å². The van der Waals surface area contributed by atoms with Crippen molar-refractivity contribution in [1.82, 2.24) is 10.9 Å². The quantitative estimate of drug-likeness (QED) is 0.764. The molecule has 2 N–H and O–H groups in total. The molecule has 0 spiro atoms. The summed E-state index contributed by atoms with van der Waals surface area (Å²) in [6.45, 7) is 5.09. The van der Waals surface area contributed by atoms with Crippen LogP contribution in [0.1, 0.15) is 18.1 Å². The number of amides is 2. The number of rotatable bonds is 3. The Labute approximate surface area is 100 Å². The van der Waals surface area contributed by atoms with Crippen molar-refractivity contribution in [2.24, 2.45) is 0 Å². The average molecular weight is 236 g/mol. The maximum Gasteiger partial charge on any atom is 0.276 e. The van der Waals surface area contributed by atoms with Gasteiger partial charge in [-0.2, -0.15) is 0 Å². The lowest BCUT2D eigenvalue weighted by Gasteiger charge is -2.08. The smallest absolute Gasteiger partial charge is 0.276 e. The van der Waals surface area contributed by atoms with Gasteiger partial charge in [0, 0.05) is 6.92 Å². The SMILES string of the molecule is CC(=O)NNC(=O)COc1cc(C)cc(C)c1. The summed E-state index contributed by atoms with van der Waals surface area (Å²) in [5.41, 5.74) is 6.55. The van der Waals surface area contributed by atoms with Gasteiger partial charge in [-0.3, -0.25) is 20.4 Å². The summed E-state index contributed by atoms with van der Waals surface area (Å²) in [6.07, 6.45) is 0. The lowest BCUT2D eigenvalue weighted by molar-refractivity contribution is -0.129. The first-order valence-corrected chi connectivity index (χ1v) is 5.24. The highest BCUT2D eigenvalue weighted by molar-refractivity contribution is 5.81. The van der Waals surface area contributed by atoms with Gasteiger partial charge >= 0.3 is 0 Å². The van der Waals surface area contributed by atoms with Crippen molar-refractivity contribution in [3.63, 3.8) is 0 Å². The average Bonchev–Trinajstić information content (AvgIpc) is 2.22. The van der Waals surface area contributed by atoms with Gasteiger partial charge in [0.2, 0.25) is 5.91 Å². The molecule has 0 atom stereocenters. The lowest BCUT2D eigenvalue weighted by atomic mass is 10.1. The summed E-state index contributed by atoms with van der Waals surface area (Å²) in [5, 5.41) is 0. The molecule has 1 aromatic carbocycles. The molecule has 17 heavy (non-hydrogen) atoms. The zero-order valence-electron chi connectivity index (χ0n) is 10.2. The number of hydrazine groups is 1. The van der Waals surface area contributed by atoms with Crippen LogP contribution in [0.15, 0.2) is 18.2 Å². The highest BCUT2D eigenvalue weighted by Gasteiger charge is 2.03. The first-order chi connectivity index (χ1) is 7.97. The summed E-state index contributed by atoms with van der Waals surface area (Å²) < 4.78 is 5.30. The number of aryl methyl sites for hydroxylation is 2. The van der Waals surface area contributed by atoms with Crippen molar-refractivity contribution in [2.45, 2.75) is 20.8 Å². The number of nitrogens with one attached hydrogen (secondary N) is 2. The van der Waals surface area contributed by atoms with Crippen LogP contribution in [-0.2, 0) is 9.59 Å². The van der Waals surface area contributed by atoms with Crippen molar-refractivity contribution in [3.05, 3.63) is 29.3 Å². The van der Waals surface area contributed by atoms with Gasteiger partial charge in [-0.15, -0.1) is 0 Å². The van der Waals surface area contributed by atoms with Crippen LogP contribution in [0.25, 0.3) is 0 Å². The van der Waals surface area contributed by atoms with E-state index >= 15 is 0 Å². The van der Waals surface area contributed by atoms with E-state index in [9.17, 15) is 9.59 Å². The lowest BCUT2D eigenvalue weighted by Crippen LogP contribution is -2.42. The third-order valence-electron chi connectivity index (χ3n) is 1.94. The molecule has 0 radical (unpaired) electrons. The Morgan fingerprint density at radius 1 is 1.12 bits per heavy atom. The van der Waals surface area contributed by atoms with E-state index in [1.54, 1.807) is 0 Å². The summed E-state index contributed by atoms with van der Waals surface area (Å²) >= 11 is 0. The maximum atomic E-state index is 11.2. The van der Waals surface area contributed by atoms with E-state index in [0.717, 1.165) is 11.1 Å². The van der Waals surface area contributed by atoms with Gasteiger partial charge in [0.15, 0.2) is 6.61 Å². The van der Waals surface area contributed by atoms with E-state index in [-0.39, 0.29) is 12.5 Å². The molecule has 0 saturated heterocycles. The molecule has 2 amide bonds. The fraction of sp³-hybridized carbons (Fsp3) is 0.333. The van der Waals surface area contributed by atoms with Crippen molar-refractivity contribution in [2.75, 3.05) is 6.61 Å². The molecule has 92 valence electrons. The van der Waals surface area contributed by atoms with E-state index in [4.69, 9.17) is 4.74 Å². The minimum atomic E-state index is -0.403. The summed E-state index contributed by atoms with van der Waals surface area (Å²) in [5.74, 6) is -0.0930. The number of benzene rings is 1. The van der Waals surface area contributed by atoms with Gasteiger partial charge in [-0.05, 0) is 37.1 Å². The van der Waals surface area contributed by atoms with Crippen LogP contribution in [0.2, 0.25) is 0 Å². The molecule has 1 rings (SSSR count). The van der Waals surface area contributed by atoms with Gasteiger partial charge in [0.1, 0.15) is 5.75 Å². The predicted octanol–water partition coefficient (Wildman–Crippen LogP) is 0.850. The second-order valence-electron chi connectivity index (χ2n) is 3.84. The summed E-state index contributed by atoms with van der Waals surface area (Å²) in [7, 11) is 0. The van der Waals surface area contributed by atoms with E-state index in [1.807, 2.05) is 32.0 Å². The molecule has 0 aromatic heterocycles. The molecule has 0 fully saturated rings. The molecule has 5 nitrogen and oxygen atoms in total. The number of hydrogen-bond acceptors (Lipinski definition) is 3. The predicted molar refractivity (Wildman–Crippen MR) is 63.4 cm³/mol. The largest absolute Gasteiger partial charge is 0.484 e. The van der Waals surface area contributed by atoms with Crippen LogP contribution in [0.3, 0.4) is 0 Å². The highest BCUT2D eigenvalue weighted by Crippen LogP contribution is 2.15. The van der Waals surface area contributed by atoms with E-state index < -0.39 is 5.91 Å². The van der Waals surface area contributed by atoms with Crippen molar-refractivity contribution in [3.8, 4) is 5.75 Å². The first-order valence-electron chi connectivity index (χ1n) is 5.24. The van der Waals surface area contributed by atoms with Crippen molar-refractivity contribution >= 4 is 11.8 Å². The van der Waals surface area contributed by atoms with Crippen LogP contribution in [0.5, 0.6) is 5.75 Å². The molecule has 0 aliphatic carbocycles. The van der Waals surface area contributed by atoms with Crippen LogP contribution < -0.4 is 15.6 Å². The molecular weight excluding hydrogens is 220 g/mol. The fourth-order valence-corrected chi connectivity index (χ4v) is 1.36. The number of ether oxygens (including phenoxy) is 1. The number of carbonyl (C=O) groups excluding carboxylic acids is 2. The van der Waals surface area contributed by atoms with Gasteiger partial charge in [0.25, 0.3) is 5.91 Å². The Balaban J connectivity index is 2.44. The van der Waals surface area contributed by atoms with Crippen LogP contribution in [0.4, 0.5) is 0 Å². The third kappa shape index (κ3) is 5.01. The summed E-state index contributed by atoms with van der Waals surface area (Å²) in [6, 6.07) is 5.71. The minimum Gasteiger partial charge on any atom is -0.484 e. The van der Waals surface area contributed by atoms with Crippen molar-refractivity contribution < 1.29 is 14.3 Å². The highest BCUT2D eigenvalue weighted by atomic mass is 16.5. The third-order valence-corrected chi connectivity index (χ3v) is 1.94. The summed E-state index contributed by atoms with van der Waals surface area (Å²) in [4.78, 5) is 21.8. The Morgan fingerprint density at radius 2 is 1.71 bits per heavy atom. The number of hydrogen-bond donors (Lipinski definition) is 2. The fourth-order valence-electron chi connectivity index (χ4n) is 1.36. The second-order valence-corrected chi connectivity index (χ2v) is 3.84. The zero-order valence-corrected chi connectivity index (χ0v) is 10.2. The topological polar surface area (TPSA) is 67.4 Å². The zero-order chi connectivity index (χ0) is 12.8. The molecule has 0 aliphatic rings. The van der Waals surface area contributed by atoms with Gasteiger partial charge in [0.05, 0.1) is 0 Å². The van der Waals surface area contributed by atoms with Gasteiger partial charge in [-0.25, -0.2) is 0 Å². The monoisotopic (exact) mass is 236 g/mol. The molecule has 0 aliphatic heterocycles. The Kier molecular flexibility index (Phi) is 4.51. The molecule has 0 bridgehead atoms. The molecule has 5 heteroatoms. The Bertz CT molecular complexity index is 410. The van der Waals surface area contributed by atoms with E-state index in [2.05, 4.69) is 10.9 Å². The second kappa shape index (κ2) is 5.89. The van der Waals surface area contributed by atoms with E-state index in [1.165, 1.54) is 6.92 Å². The maximum absolute atomic E-state index is 11.2. The Hall–Kier alpha value is -2.04. The van der Waals surface area contributed by atoms with Crippen LogP contribution in [0, 0.1) is 13.8 Å². The Morgan fingerprint density at radius 3 is 2.24 bits per heavy atom.